The predicted octanol–water partition coefficient (Wildman–Crippen LogP) is 2.54. The summed E-state index contributed by atoms with van der Waals surface area (Å²) in [5.74, 6) is 0.270. The summed E-state index contributed by atoms with van der Waals surface area (Å²) in [5.41, 5.74) is 3.93. The molecule has 0 aliphatic carbocycles. The molecule has 128 valence electrons. The standard InChI is InChI=1S/C19H26BNO3/c1-4-10-24-19(23)16-7-5-6-15-11-18(20-12-17(15)16)21-13(2)8-9-14(3)22/h5-7,18,20-21H,2,4,8-12H2,1,3H3. The molecule has 0 bridgehead atoms. The maximum absolute atomic E-state index is 12.2. The fraction of sp³-hybridized carbons (Fsp3) is 0.474. The monoisotopic (exact) mass is 327 g/mol. The van der Waals surface area contributed by atoms with E-state index >= 15 is 0 Å². The maximum atomic E-state index is 12.2. The minimum atomic E-state index is -0.217. The van der Waals surface area contributed by atoms with Crippen molar-refractivity contribution in [2.24, 2.45) is 0 Å². The van der Waals surface area contributed by atoms with Crippen LogP contribution in [0.2, 0.25) is 0 Å². The number of benzene rings is 1. The van der Waals surface area contributed by atoms with Crippen molar-refractivity contribution in [1.82, 2.24) is 5.32 Å². The number of rotatable bonds is 8. The average Bonchev–Trinajstić information content (AvgIpc) is 2.57. The highest BCUT2D eigenvalue weighted by atomic mass is 16.5. The molecule has 1 heterocycles. The lowest BCUT2D eigenvalue weighted by atomic mass is 9.57. The Morgan fingerprint density at radius 3 is 2.88 bits per heavy atom. The van der Waals surface area contributed by atoms with Crippen LogP contribution < -0.4 is 5.32 Å². The fourth-order valence-electron chi connectivity index (χ4n) is 3.08. The van der Waals surface area contributed by atoms with E-state index in [1.54, 1.807) is 6.92 Å². The molecule has 0 fully saturated rings. The number of carbonyl (C=O) groups excluding carboxylic acids is 2. The maximum Gasteiger partial charge on any atom is 0.338 e. The Bertz CT molecular complexity index is 627. The van der Waals surface area contributed by atoms with E-state index < -0.39 is 0 Å². The predicted molar refractivity (Wildman–Crippen MR) is 97.6 cm³/mol. The Balaban J connectivity index is 2.00. The van der Waals surface area contributed by atoms with Gasteiger partial charge in [-0.2, -0.15) is 0 Å². The quantitative estimate of drug-likeness (QED) is 0.589. The van der Waals surface area contributed by atoms with Gasteiger partial charge in [-0.1, -0.05) is 25.6 Å². The first kappa shape index (κ1) is 18.3. The van der Waals surface area contributed by atoms with Crippen molar-refractivity contribution < 1.29 is 14.3 Å². The fourth-order valence-corrected chi connectivity index (χ4v) is 3.08. The Morgan fingerprint density at radius 2 is 2.17 bits per heavy atom. The largest absolute Gasteiger partial charge is 0.462 e. The van der Waals surface area contributed by atoms with Crippen molar-refractivity contribution in [3.05, 3.63) is 47.2 Å². The number of Topliss-reactive ketones (excluding diaryl/α,β-unsaturated/α-hetero) is 1. The zero-order valence-electron chi connectivity index (χ0n) is 14.7. The van der Waals surface area contributed by atoms with Crippen LogP contribution in [0, 0.1) is 0 Å². The molecule has 5 heteroatoms. The van der Waals surface area contributed by atoms with Crippen molar-refractivity contribution in [1.29, 1.82) is 0 Å². The van der Waals surface area contributed by atoms with Gasteiger partial charge in [0.05, 0.1) is 12.2 Å². The van der Waals surface area contributed by atoms with E-state index in [2.05, 4.69) is 18.0 Å². The minimum absolute atomic E-state index is 0.183. The number of hydrogen-bond donors (Lipinski definition) is 1. The highest BCUT2D eigenvalue weighted by Crippen LogP contribution is 2.23. The summed E-state index contributed by atoms with van der Waals surface area (Å²) in [4.78, 5) is 23.3. The van der Waals surface area contributed by atoms with Crippen LogP contribution in [-0.4, -0.2) is 31.6 Å². The van der Waals surface area contributed by atoms with Gasteiger partial charge in [-0.25, -0.2) is 4.79 Å². The lowest BCUT2D eigenvalue weighted by Crippen LogP contribution is -2.40. The molecule has 2 rings (SSSR count). The summed E-state index contributed by atoms with van der Waals surface area (Å²) in [6.07, 6.45) is 3.76. The summed E-state index contributed by atoms with van der Waals surface area (Å²) in [6, 6.07) is 5.86. The molecule has 1 unspecified atom stereocenters. The lowest BCUT2D eigenvalue weighted by molar-refractivity contribution is -0.117. The Kier molecular flexibility index (Phi) is 6.65. The molecule has 24 heavy (non-hydrogen) atoms. The number of hydrogen-bond acceptors (Lipinski definition) is 4. The third kappa shape index (κ3) is 4.98. The van der Waals surface area contributed by atoms with Crippen LogP contribution in [0.3, 0.4) is 0 Å². The summed E-state index contributed by atoms with van der Waals surface area (Å²) >= 11 is 0. The van der Waals surface area contributed by atoms with Gasteiger partial charge in [-0.05, 0) is 49.7 Å². The van der Waals surface area contributed by atoms with Crippen molar-refractivity contribution >= 4 is 19.0 Å². The lowest BCUT2D eigenvalue weighted by Gasteiger charge is -2.27. The number of fused-ring (bicyclic) bond motifs is 1. The summed E-state index contributed by atoms with van der Waals surface area (Å²) in [6.45, 7) is 8.07. The first-order valence-electron chi connectivity index (χ1n) is 8.73. The van der Waals surface area contributed by atoms with E-state index in [1.165, 1.54) is 5.56 Å². The Morgan fingerprint density at radius 1 is 1.38 bits per heavy atom. The SMILES string of the molecule is C=C(CCC(C)=O)NC1BCc2c(cccc2C(=O)OCCC)C1. The van der Waals surface area contributed by atoms with Crippen molar-refractivity contribution in [2.45, 2.75) is 51.8 Å². The van der Waals surface area contributed by atoms with Crippen LogP contribution in [0.5, 0.6) is 0 Å². The van der Waals surface area contributed by atoms with E-state index in [1.807, 2.05) is 19.1 Å². The number of nitrogens with one attached hydrogen (secondary N) is 1. The van der Waals surface area contributed by atoms with Crippen LogP contribution in [-0.2, 0) is 22.3 Å². The van der Waals surface area contributed by atoms with E-state index in [-0.39, 0.29) is 11.8 Å². The Labute approximate surface area is 144 Å². The highest BCUT2D eigenvalue weighted by molar-refractivity contribution is 6.38. The summed E-state index contributed by atoms with van der Waals surface area (Å²) in [5, 5.41) is 3.44. The van der Waals surface area contributed by atoms with Gasteiger partial charge < -0.3 is 14.8 Å². The second kappa shape index (κ2) is 8.72. The molecule has 0 aromatic heterocycles. The second-order valence-corrected chi connectivity index (χ2v) is 6.47. The highest BCUT2D eigenvalue weighted by Gasteiger charge is 2.24. The number of ether oxygens (including phenoxy) is 1. The number of ketones is 1. The van der Waals surface area contributed by atoms with Gasteiger partial charge in [-0.15, -0.1) is 0 Å². The number of carbonyl (C=O) groups is 2. The van der Waals surface area contributed by atoms with Gasteiger partial charge >= 0.3 is 5.97 Å². The molecule has 0 saturated heterocycles. The van der Waals surface area contributed by atoms with Crippen LogP contribution >= 0.6 is 0 Å². The van der Waals surface area contributed by atoms with E-state index in [4.69, 9.17) is 4.74 Å². The minimum Gasteiger partial charge on any atom is -0.462 e. The van der Waals surface area contributed by atoms with Crippen LogP contribution in [0.25, 0.3) is 0 Å². The topological polar surface area (TPSA) is 55.4 Å². The van der Waals surface area contributed by atoms with Crippen LogP contribution in [0.4, 0.5) is 0 Å². The molecule has 0 radical (unpaired) electrons. The molecule has 0 saturated carbocycles. The van der Waals surface area contributed by atoms with E-state index in [9.17, 15) is 9.59 Å². The third-order valence-corrected chi connectivity index (χ3v) is 4.33. The zero-order chi connectivity index (χ0) is 17.5. The van der Waals surface area contributed by atoms with Crippen LogP contribution in [0.15, 0.2) is 30.5 Å². The van der Waals surface area contributed by atoms with Gasteiger partial charge in [0.15, 0.2) is 7.28 Å². The van der Waals surface area contributed by atoms with Crippen LogP contribution in [0.1, 0.15) is 54.6 Å². The molecule has 1 N–H and O–H groups in total. The molecular weight excluding hydrogens is 301 g/mol. The van der Waals surface area contributed by atoms with Crippen molar-refractivity contribution in [2.75, 3.05) is 6.61 Å². The van der Waals surface area contributed by atoms with Gasteiger partial charge in [0.2, 0.25) is 0 Å². The Hall–Kier alpha value is -2.04. The van der Waals surface area contributed by atoms with Gasteiger partial charge in [-0.3, -0.25) is 0 Å². The number of esters is 1. The van der Waals surface area contributed by atoms with Crippen molar-refractivity contribution in [3.63, 3.8) is 0 Å². The third-order valence-electron chi connectivity index (χ3n) is 4.33. The second-order valence-electron chi connectivity index (χ2n) is 6.47. The molecule has 1 aliphatic heterocycles. The first-order valence-corrected chi connectivity index (χ1v) is 8.73. The molecular formula is C19H26BNO3. The molecule has 1 aliphatic rings. The van der Waals surface area contributed by atoms with Gasteiger partial charge in [0.1, 0.15) is 5.78 Å². The van der Waals surface area contributed by atoms with Crippen molar-refractivity contribution in [3.8, 4) is 0 Å². The molecule has 1 aromatic carbocycles. The van der Waals surface area contributed by atoms with E-state index in [0.29, 0.717) is 31.0 Å². The number of allylic oxidation sites excluding steroid dienone is 1. The molecule has 4 nitrogen and oxygen atoms in total. The molecule has 0 spiro atoms. The van der Waals surface area contributed by atoms with Gasteiger partial charge in [0, 0.05) is 18.1 Å². The molecule has 1 aromatic rings. The summed E-state index contributed by atoms with van der Waals surface area (Å²) < 4.78 is 5.29. The smallest absolute Gasteiger partial charge is 0.338 e. The summed E-state index contributed by atoms with van der Waals surface area (Å²) in [7, 11) is 0.949. The zero-order valence-corrected chi connectivity index (χ0v) is 14.7. The first-order chi connectivity index (χ1) is 11.5. The van der Waals surface area contributed by atoms with E-state index in [0.717, 1.165) is 37.7 Å². The molecule has 1 atom stereocenters. The average molecular weight is 327 g/mol. The normalized spacial score (nSPS) is 15.8. The van der Waals surface area contributed by atoms with Gasteiger partial charge in [0.25, 0.3) is 0 Å². The molecule has 0 amide bonds.